The predicted molar refractivity (Wildman–Crippen MR) is 81.5 cm³/mol. The van der Waals surface area contributed by atoms with Crippen molar-refractivity contribution in [3.63, 3.8) is 0 Å². The molecule has 2 rings (SSSR count). The maximum atomic E-state index is 5.97. The number of hydrogen-bond acceptors (Lipinski definition) is 3. The Bertz CT molecular complexity index is 367. The van der Waals surface area contributed by atoms with Crippen LogP contribution in [0.3, 0.4) is 0 Å². The summed E-state index contributed by atoms with van der Waals surface area (Å²) in [6, 6.07) is 2.92. The van der Waals surface area contributed by atoms with E-state index in [-0.39, 0.29) is 12.4 Å². The standard InChI is InChI=1S/C14H26N4.ClH/c1-11(2)18-9-6-14(16-18)10-17-7-4-13(5-8-17)12(3)15;/h6,9,11-13H,4-5,7-8,10,15H2,1-3H3;1H. The summed E-state index contributed by atoms with van der Waals surface area (Å²) in [5, 5.41) is 4.61. The number of piperidine rings is 1. The largest absolute Gasteiger partial charge is 0.328 e. The highest BCUT2D eigenvalue weighted by Crippen LogP contribution is 2.20. The Morgan fingerprint density at radius 1 is 1.32 bits per heavy atom. The number of nitrogens with zero attached hydrogens (tertiary/aromatic N) is 3. The van der Waals surface area contributed by atoms with Crippen LogP contribution >= 0.6 is 12.4 Å². The SMILES string of the molecule is CC(N)C1CCN(Cc2ccn(C(C)C)n2)CC1.Cl. The van der Waals surface area contributed by atoms with Gasteiger partial charge in [0.15, 0.2) is 0 Å². The fourth-order valence-electron chi connectivity index (χ4n) is 2.62. The zero-order valence-corrected chi connectivity index (χ0v) is 13.1. The second-order valence-electron chi connectivity index (χ2n) is 5.85. The maximum Gasteiger partial charge on any atom is 0.0764 e. The molecule has 1 unspecified atom stereocenters. The van der Waals surface area contributed by atoms with Gasteiger partial charge in [0.25, 0.3) is 0 Å². The lowest BCUT2D eigenvalue weighted by Crippen LogP contribution is -2.39. The van der Waals surface area contributed by atoms with Crippen LogP contribution in [0.4, 0.5) is 0 Å². The fraction of sp³-hybridized carbons (Fsp3) is 0.786. The van der Waals surface area contributed by atoms with Crippen molar-refractivity contribution in [2.75, 3.05) is 13.1 Å². The van der Waals surface area contributed by atoms with Crippen molar-refractivity contribution < 1.29 is 0 Å². The molecule has 0 aromatic carbocycles. The summed E-state index contributed by atoms with van der Waals surface area (Å²) in [6.45, 7) is 9.73. The van der Waals surface area contributed by atoms with Gasteiger partial charge in [-0.3, -0.25) is 9.58 Å². The third-order valence-corrected chi connectivity index (χ3v) is 3.95. The number of halogens is 1. The van der Waals surface area contributed by atoms with Gasteiger partial charge in [0, 0.05) is 24.8 Å². The van der Waals surface area contributed by atoms with Gasteiger partial charge in [-0.1, -0.05) is 0 Å². The highest BCUT2D eigenvalue weighted by molar-refractivity contribution is 5.85. The van der Waals surface area contributed by atoms with Gasteiger partial charge in [0.05, 0.1) is 5.69 Å². The van der Waals surface area contributed by atoms with Gasteiger partial charge in [-0.05, 0) is 58.7 Å². The van der Waals surface area contributed by atoms with E-state index < -0.39 is 0 Å². The van der Waals surface area contributed by atoms with Crippen molar-refractivity contribution in [2.24, 2.45) is 11.7 Å². The van der Waals surface area contributed by atoms with E-state index in [1.54, 1.807) is 0 Å². The molecule has 4 nitrogen and oxygen atoms in total. The zero-order valence-electron chi connectivity index (χ0n) is 12.2. The number of hydrogen-bond donors (Lipinski definition) is 1. The molecule has 5 heteroatoms. The molecule has 2 heterocycles. The van der Waals surface area contributed by atoms with Crippen LogP contribution in [0.5, 0.6) is 0 Å². The molecular weight excluding hydrogens is 260 g/mol. The number of likely N-dealkylation sites (tertiary alicyclic amines) is 1. The van der Waals surface area contributed by atoms with Crippen LogP contribution in [-0.2, 0) is 6.54 Å². The van der Waals surface area contributed by atoms with Crippen LogP contribution in [0.15, 0.2) is 12.3 Å². The van der Waals surface area contributed by atoms with Crippen molar-refractivity contribution in [3.8, 4) is 0 Å². The minimum Gasteiger partial charge on any atom is -0.328 e. The summed E-state index contributed by atoms with van der Waals surface area (Å²) in [5.41, 5.74) is 7.15. The summed E-state index contributed by atoms with van der Waals surface area (Å²) in [5.74, 6) is 0.703. The Morgan fingerprint density at radius 3 is 2.42 bits per heavy atom. The highest BCUT2D eigenvalue weighted by Gasteiger charge is 2.22. The molecule has 110 valence electrons. The normalized spacial score (nSPS) is 19.4. The predicted octanol–water partition coefficient (Wildman–Crippen LogP) is 2.45. The molecule has 1 aromatic heterocycles. The molecule has 0 saturated carbocycles. The monoisotopic (exact) mass is 286 g/mol. The minimum absolute atomic E-state index is 0. The summed E-state index contributed by atoms with van der Waals surface area (Å²) >= 11 is 0. The van der Waals surface area contributed by atoms with Crippen molar-refractivity contribution >= 4 is 12.4 Å². The Labute approximate surface area is 122 Å². The topological polar surface area (TPSA) is 47.1 Å². The molecule has 1 atom stereocenters. The van der Waals surface area contributed by atoms with E-state index in [0.717, 1.165) is 19.6 Å². The first kappa shape index (κ1) is 16.5. The average Bonchev–Trinajstić information content (AvgIpc) is 2.78. The maximum absolute atomic E-state index is 5.97. The molecule has 0 radical (unpaired) electrons. The van der Waals surface area contributed by atoms with Crippen LogP contribution in [0.1, 0.15) is 45.3 Å². The first-order chi connectivity index (χ1) is 8.56. The van der Waals surface area contributed by atoms with Crippen LogP contribution in [0.2, 0.25) is 0 Å². The molecule has 0 spiro atoms. The quantitative estimate of drug-likeness (QED) is 0.925. The van der Waals surface area contributed by atoms with E-state index >= 15 is 0 Å². The lowest BCUT2D eigenvalue weighted by molar-refractivity contribution is 0.164. The van der Waals surface area contributed by atoms with Gasteiger partial charge < -0.3 is 5.73 Å². The second kappa shape index (κ2) is 7.27. The van der Waals surface area contributed by atoms with Gasteiger partial charge in [-0.25, -0.2) is 0 Å². The van der Waals surface area contributed by atoms with Crippen LogP contribution in [0.25, 0.3) is 0 Å². The van der Waals surface area contributed by atoms with E-state index in [4.69, 9.17) is 5.73 Å². The van der Waals surface area contributed by atoms with Gasteiger partial charge in [-0.2, -0.15) is 5.10 Å². The third-order valence-electron chi connectivity index (χ3n) is 3.95. The molecule has 0 amide bonds. The molecule has 1 aliphatic heterocycles. The van der Waals surface area contributed by atoms with Crippen molar-refractivity contribution in [3.05, 3.63) is 18.0 Å². The van der Waals surface area contributed by atoms with Crippen molar-refractivity contribution in [2.45, 2.75) is 52.2 Å². The lowest BCUT2D eigenvalue weighted by Gasteiger charge is -2.33. The molecule has 1 saturated heterocycles. The van der Waals surface area contributed by atoms with E-state index in [2.05, 4.69) is 43.0 Å². The van der Waals surface area contributed by atoms with Crippen molar-refractivity contribution in [1.82, 2.24) is 14.7 Å². The zero-order chi connectivity index (χ0) is 13.1. The second-order valence-corrected chi connectivity index (χ2v) is 5.85. The molecular formula is C14H27ClN4. The van der Waals surface area contributed by atoms with Crippen molar-refractivity contribution in [1.29, 1.82) is 0 Å². The fourth-order valence-corrected chi connectivity index (χ4v) is 2.62. The Kier molecular flexibility index (Phi) is 6.30. The first-order valence-electron chi connectivity index (χ1n) is 7.08. The van der Waals surface area contributed by atoms with Gasteiger partial charge in [0.2, 0.25) is 0 Å². The van der Waals surface area contributed by atoms with E-state index in [1.165, 1.54) is 18.5 Å². The molecule has 0 aliphatic carbocycles. The molecule has 19 heavy (non-hydrogen) atoms. The van der Waals surface area contributed by atoms with Gasteiger partial charge in [0.1, 0.15) is 0 Å². The summed E-state index contributed by atoms with van der Waals surface area (Å²) < 4.78 is 2.03. The number of nitrogens with two attached hydrogens (primary N) is 1. The molecule has 1 fully saturated rings. The number of rotatable bonds is 4. The molecule has 1 aromatic rings. The van der Waals surface area contributed by atoms with E-state index in [0.29, 0.717) is 18.0 Å². The summed E-state index contributed by atoms with van der Waals surface area (Å²) in [4.78, 5) is 2.49. The molecule has 1 aliphatic rings. The third kappa shape index (κ3) is 4.48. The Balaban J connectivity index is 0.00000180. The van der Waals surface area contributed by atoms with Crippen LogP contribution in [0, 0.1) is 5.92 Å². The lowest BCUT2D eigenvalue weighted by atomic mass is 9.91. The minimum atomic E-state index is 0. The Hall–Kier alpha value is -0.580. The first-order valence-corrected chi connectivity index (χ1v) is 7.08. The van der Waals surface area contributed by atoms with E-state index in [9.17, 15) is 0 Å². The van der Waals surface area contributed by atoms with Gasteiger partial charge in [-0.15, -0.1) is 12.4 Å². The average molecular weight is 287 g/mol. The Morgan fingerprint density at radius 2 is 1.95 bits per heavy atom. The summed E-state index contributed by atoms with van der Waals surface area (Å²) in [7, 11) is 0. The smallest absolute Gasteiger partial charge is 0.0764 e. The van der Waals surface area contributed by atoms with Gasteiger partial charge >= 0.3 is 0 Å². The molecule has 2 N–H and O–H groups in total. The van der Waals surface area contributed by atoms with E-state index in [1.807, 2.05) is 4.68 Å². The highest BCUT2D eigenvalue weighted by atomic mass is 35.5. The molecule has 0 bridgehead atoms. The summed E-state index contributed by atoms with van der Waals surface area (Å²) in [6.07, 6.45) is 4.53. The number of aromatic nitrogens is 2. The van der Waals surface area contributed by atoms with Crippen LogP contribution < -0.4 is 5.73 Å². The van der Waals surface area contributed by atoms with Crippen LogP contribution in [-0.4, -0.2) is 33.8 Å².